The van der Waals surface area contributed by atoms with E-state index in [0.29, 0.717) is 18.7 Å². The van der Waals surface area contributed by atoms with Gasteiger partial charge in [-0.1, -0.05) is 11.3 Å². The van der Waals surface area contributed by atoms with E-state index in [2.05, 4.69) is 4.98 Å². The monoisotopic (exact) mass is 157 g/mol. The zero-order chi connectivity index (χ0) is 6.97. The largest absolute Gasteiger partial charge is 0.482 e. The summed E-state index contributed by atoms with van der Waals surface area (Å²) < 4.78 is 5.23. The molecule has 10 heavy (non-hydrogen) atoms. The molecular weight excluding hydrogens is 150 g/mol. The molecule has 0 radical (unpaired) electrons. The van der Waals surface area contributed by atoms with E-state index >= 15 is 0 Å². The number of hydrogen-bond acceptors (Lipinski definition) is 4. The van der Waals surface area contributed by atoms with Crippen molar-refractivity contribution in [3.63, 3.8) is 0 Å². The maximum Gasteiger partial charge on any atom is 0.199 e. The van der Waals surface area contributed by atoms with Crippen LogP contribution in [0, 0.1) is 0 Å². The predicted octanol–water partition coefficient (Wildman–Crippen LogP) is 0.959. The third-order valence-corrected chi connectivity index (χ3v) is 2.25. The van der Waals surface area contributed by atoms with Gasteiger partial charge in [0, 0.05) is 6.42 Å². The molecule has 0 bridgehead atoms. The molecule has 0 aliphatic carbocycles. The standard InChI is InChI=1S/C6H7NO2S/c8-4-1-2-9-6-5(4)7-3-10-6/h3-4,8H,1-2H2. The van der Waals surface area contributed by atoms with Gasteiger partial charge in [0.05, 0.1) is 12.1 Å². The fourth-order valence-electron chi connectivity index (χ4n) is 0.974. The Balaban J connectivity index is 2.41. The molecule has 1 atom stereocenters. The number of nitrogens with zero attached hydrogens (tertiary/aromatic N) is 1. The molecule has 1 aromatic heterocycles. The number of aliphatic hydroxyl groups is 1. The van der Waals surface area contributed by atoms with Crippen LogP contribution in [0.4, 0.5) is 0 Å². The molecule has 1 aromatic rings. The molecule has 0 aromatic carbocycles. The second-order valence-electron chi connectivity index (χ2n) is 2.18. The lowest BCUT2D eigenvalue weighted by atomic mass is 10.2. The molecule has 1 unspecified atom stereocenters. The van der Waals surface area contributed by atoms with Crippen LogP contribution < -0.4 is 4.74 Å². The summed E-state index contributed by atoms with van der Waals surface area (Å²) in [7, 11) is 0. The van der Waals surface area contributed by atoms with Crippen LogP contribution in [0.2, 0.25) is 0 Å². The molecule has 1 aliphatic heterocycles. The van der Waals surface area contributed by atoms with Crippen LogP contribution in [0.1, 0.15) is 18.2 Å². The van der Waals surface area contributed by atoms with Crippen molar-refractivity contribution in [1.29, 1.82) is 0 Å². The van der Waals surface area contributed by atoms with Crippen molar-refractivity contribution in [2.24, 2.45) is 0 Å². The number of aliphatic hydroxyl groups excluding tert-OH is 1. The summed E-state index contributed by atoms with van der Waals surface area (Å²) in [5, 5.41) is 10.1. The van der Waals surface area contributed by atoms with E-state index in [4.69, 9.17) is 4.74 Å². The lowest BCUT2D eigenvalue weighted by Crippen LogP contribution is -2.12. The van der Waals surface area contributed by atoms with E-state index in [1.165, 1.54) is 11.3 Å². The second-order valence-corrected chi connectivity index (χ2v) is 3.00. The Morgan fingerprint density at radius 1 is 1.80 bits per heavy atom. The smallest absolute Gasteiger partial charge is 0.199 e. The molecule has 0 saturated heterocycles. The first kappa shape index (κ1) is 6.12. The van der Waals surface area contributed by atoms with Crippen LogP contribution in [0.5, 0.6) is 5.06 Å². The summed E-state index contributed by atoms with van der Waals surface area (Å²) in [6.45, 7) is 0.608. The van der Waals surface area contributed by atoms with Crippen LogP contribution in [0.25, 0.3) is 0 Å². The summed E-state index contributed by atoms with van der Waals surface area (Å²) >= 11 is 1.44. The van der Waals surface area contributed by atoms with Crippen LogP contribution in [-0.2, 0) is 0 Å². The van der Waals surface area contributed by atoms with Gasteiger partial charge < -0.3 is 9.84 Å². The molecule has 1 aliphatic rings. The zero-order valence-corrected chi connectivity index (χ0v) is 6.10. The molecule has 0 amide bonds. The lowest BCUT2D eigenvalue weighted by Gasteiger charge is -2.16. The number of hydrogen-bond donors (Lipinski definition) is 1. The van der Waals surface area contributed by atoms with Gasteiger partial charge in [-0.3, -0.25) is 0 Å². The SMILES string of the molecule is OC1CCOc2scnc21. The van der Waals surface area contributed by atoms with E-state index in [9.17, 15) is 5.11 Å². The molecule has 1 N–H and O–H groups in total. The maximum atomic E-state index is 9.31. The Labute approximate surface area is 62.3 Å². The summed E-state index contributed by atoms with van der Waals surface area (Å²) in [5.74, 6) is 0. The van der Waals surface area contributed by atoms with Crippen LogP contribution >= 0.6 is 11.3 Å². The molecule has 0 saturated carbocycles. The summed E-state index contributed by atoms with van der Waals surface area (Å²) in [5.41, 5.74) is 2.40. The Morgan fingerprint density at radius 3 is 3.50 bits per heavy atom. The van der Waals surface area contributed by atoms with Crippen LogP contribution in [0.15, 0.2) is 5.51 Å². The van der Waals surface area contributed by atoms with Gasteiger partial charge in [-0.05, 0) is 0 Å². The highest BCUT2D eigenvalue weighted by Gasteiger charge is 2.21. The highest BCUT2D eigenvalue weighted by molar-refractivity contribution is 7.11. The van der Waals surface area contributed by atoms with Crippen LogP contribution in [0.3, 0.4) is 0 Å². The zero-order valence-electron chi connectivity index (χ0n) is 5.28. The van der Waals surface area contributed by atoms with Gasteiger partial charge in [-0.15, -0.1) is 0 Å². The predicted molar refractivity (Wildman–Crippen MR) is 37.2 cm³/mol. The Bertz CT molecular complexity index is 235. The molecule has 0 spiro atoms. The van der Waals surface area contributed by atoms with Gasteiger partial charge in [0.1, 0.15) is 11.8 Å². The summed E-state index contributed by atoms with van der Waals surface area (Å²) in [6.07, 6.45) is 0.256. The van der Waals surface area contributed by atoms with E-state index in [-0.39, 0.29) is 0 Å². The van der Waals surface area contributed by atoms with Crippen LogP contribution in [-0.4, -0.2) is 16.7 Å². The van der Waals surface area contributed by atoms with Gasteiger partial charge in [0.2, 0.25) is 0 Å². The second kappa shape index (κ2) is 2.21. The van der Waals surface area contributed by atoms with Crippen molar-refractivity contribution in [2.75, 3.05) is 6.61 Å². The van der Waals surface area contributed by atoms with Gasteiger partial charge >= 0.3 is 0 Å². The highest BCUT2D eigenvalue weighted by atomic mass is 32.1. The van der Waals surface area contributed by atoms with E-state index < -0.39 is 6.10 Å². The third kappa shape index (κ3) is 0.803. The van der Waals surface area contributed by atoms with Crippen molar-refractivity contribution in [3.8, 4) is 5.06 Å². The Morgan fingerprint density at radius 2 is 2.70 bits per heavy atom. The van der Waals surface area contributed by atoms with Crippen molar-refractivity contribution < 1.29 is 9.84 Å². The van der Waals surface area contributed by atoms with E-state index in [1.54, 1.807) is 5.51 Å². The van der Waals surface area contributed by atoms with Gasteiger partial charge in [0.15, 0.2) is 5.06 Å². The Hall–Kier alpha value is -0.610. The molecule has 3 nitrogen and oxygen atoms in total. The highest BCUT2D eigenvalue weighted by Crippen LogP contribution is 2.33. The van der Waals surface area contributed by atoms with Gasteiger partial charge in [-0.2, -0.15) is 0 Å². The first-order chi connectivity index (χ1) is 4.88. The van der Waals surface area contributed by atoms with Crippen molar-refractivity contribution >= 4 is 11.3 Å². The molecule has 2 heterocycles. The average molecular weight is 157 g/mol. The fraction of sp³-hybridized carbons (Fsp3) is 0.500. The Kier molecular flexibility index (Phi) is 1.35. The van der Waals surface area contributed by atoms with Gasteiger partial charge in [-0.25, -0.2) is 4.98 Å². The van der Waals surface area contributed by atoms with Crippen molar-refractivity contribution in [3.05, 3.63) is 11.2 Å². The van der Waals surface area contributed by atoms with E-state index in [0.717, 1.165) is 5.06 Å². The minimum Gasteiger partial charge on any atom is -0.482 e. The number of ether oxygens (including phenoxy) is 1. The summed E-state index contributed by atoms with van der Waals surface area (Å²) in [4.78, 5) is 3.98. The maximum absolute atomic E-state index is 9.31. The molecule has 4 heteroatoms. The van der Waals surface area contributed by atoms with Crippen molar-refractivity contribution in [1.82, 2.24) is 4.98 Å². The first-order valence-electron chi connectivity index (χ1n) is 3.12. The van der Waals surface area contributed by atoms with E-state index in [1.807, 2.05) is 0 Å². The normalized spacial score (nSPS) is 23.5. The average Bonchev–Trinajstić information content (AvgIpc) is 2.36. The molecule has 54 valence electrons. The number of thiazole rings is 1. The number of rotatable bonds is 0. The molecular formula is C6H7NO2S. The minimum absolute atomic E-state index is 0.407. The quantitative estimate of drug-likeness (QED) is 0.610. The number of fused-ring (bicyclic) bond motifs is 1. The topological polar surface area (TPSA) is 42.4 Å². The lowest BCUT2D eigenvalue weighted by molar-refractivity contribution is 0.114. The number of aromatic nitrogens is 1. The van der Waals surface area contributed by atoms with Crippen molar-refractivity contribution in [2.45, 2.75) is 12.5 Å². The minimum atomic E-state index is -0.407. The summed E-state index contributed by atoms with van der Waals surface area (Å²) in [6, 6.07) is 0. The van der Waals surface area contributed by atoms with Gasteiger partial charge in [0.25, 0.3) is 0 Å². The fourth-order valence-corrected chi connectivity index (χ4v) is 1.70. The molecule has 0 fully saturated rings. The molecule has 2 rings (SSSR count). The third-order valence-electron chi connectivity index (χ3n) is 1.50. The first-order valence-corrected chi connectivity index (χ1v) is 4.00.